The summed E-state index contributed by atoms with van der Waals surface area (Å²) in [4.78, 5) is 41.3. The predicted octanol–water partition coefficient (Wildman–Crippen LogP) is 2.95. The van der Waals surface area contributed by atoms with Crippen LogP contribution in [-0.4, -0.2) is 26.6 Å². The summed E-state index contributed by atoms with van der Waals surface area (Å²) in [7, 11) is 1.70. The van der Waals surface area contributed by atoms with Gasteiger partial charge in [0, 0.05) is 19.8 Å². The van der Waals surface area contributed by atoms with Gasteiger partial charge in [0.05, 0.1) is 16.8 Å². The molecule has 0 atom stereocenters. The first kappa shape index (κ1) is 19.9. The average Bonchev–Trinajstić information content (AvgIpc) is 3.06. The van der Waals surface area contributed by atoms with E-state index in [4.69, 9.17) is 0 Å². The number of aromatic nitrogens is 3. The third kappa shape index (κ3) is 3.75. The maximum atomic E-state index is 13.1. The van der Waals surface area contributed by atoms with Gasteiger partial charge in [0.15, 0.2) is 0 Å². The van der Waals surface area contributed by atoms with Crippen molar-refractivity contribution in [2.45, 2.75) is 39.0 Å². The summed E-state index contributed by atoms with van der Waals surface area (Å²) in [6.07, 6.45) is 9.33. The van der Waals surface area contributed by atoms with Gasteiger partial charge in [-0.25, -0.2) is 9.36 Å². The molecule has 0 saturated heterocycles. The molecule has 1 aliphatic carbocycles. The number of aryl methyl sites for hydroxylation is 2. The van der Waals surface area contributed by atoms with Crippen molar-refractivity contribution >= 4 is 16.9 Å². The van der Waals surface area contributed by atoms with E-state index in [1.165, 1.54) is 18.4 Å². The molecule has 7 nitrogen and oxygen atoms in total. The van der Waals surface area contributed by atoms with Crippen molar-refractivity contribution < 1.29 is 4.79 Å². The Morgan fingerprint density at radius 2 is 1.93 bits per heavy atom. The van der Waals surface area contributed by atoms with Crippen LogP contribution in [0.15, 0.2) is 51.7 Å². The van der Waals surface area contributed by atoms with E-state index in [9.17, 15) is 14.4 Å². The van der Waals surface area contributed by atoms with Gasteiger partial charge in [-0.15, -0.1) is 0 Å². The molecule has 2 N–H and O–H groups in total. The minimum Gasteiger partial charge on any atom is -0.352 e. The van der Waals surface area contributed by atoms with E-state index in [1.807, 2.05) is 19.1 Å². The van der Waals surface area contributed by atoms with Gasteiger partial charge in [-0.2, -0.15) is 0 Å². The lowest BCUT2D eigenvalue weighted by Gasteiger charge is -2.12. The molecule has 0 bridgehead atoms. The smallest absolute Gasteiger partial charge is 0.333 e. The standard InChI is InChI=1S/C23H26N4O3/c1-15-8-10-17(11-9-15)27-22(29)20-19(25-23(27)30)18(14-26(20)2)21(28)24-13-12-16-6-4-3-5-7-16/h6,8-11,14H,3-5,7,12-13H2,1-2H3,(H,24,28)(H,25,30). The molecule has 0 aliphatic heterocycles. The predicted molar refractivity (Wildman–Crippen MR) is 117 cm³/mol. The van der Waals surface area contributed by atoms with Crippen LogP contribution in [0.25, 0.3) is 16.7 Å². The average molecular weight is 406 g/mol. The number of hydrogen-bond donors (Lipinski definition) is 2. The van der Waals surface area contributed by atoms with Crippen molar-refractivity contribution in [1.29, 1.82) is 0 Å². The number of H-pyrrole nitrogens is 1. The highest BCUT2D eigenvalue weighted by atomic mass is 16.2. The molecule has 0 spiro atoms. The monoisotopic (exact) mass is 406 g/mol. The molecule has 7 heteroatoms. The highest BCUT2D eigenvalue weighted by molar-refractivity contribution is 6.05. The topological polar surface area (TPSA) is 88.9 Å². The Labute approximate surface area is 174 Å². The quantitative estimate of drug-likeness (QED) is 0.639. The highest BCUT2D eigenvalue weighted by Gasteiger charge is 2.20. The van der Waals surface area contributed by atoms with Gasteiger partial charge in [0.2, 0.25) is 0 Å². The van der Waals surface area contributed by atoms with Crippen LogP contribution in [0.2, 0.25) is 0 Å². The first-order chi connectivity index (χ1) is 14.5. The fraction of sp³-hybridized carbons (Fsp3) is 0.348. The van der Waals surface area contributed by atoms with Crippen molar-refractivity contribution in [2.75, 3.05) is 6.54 Å². The van der Waals surface area contributed by atoms with E-state index >= 15 is 0 Å². The molecular weight excluding hydrogens is 380 g/mol. The third-order valence-electron chi connectivity index (χ3n) is 5.68. The Hall–Kier alpha value is -3.35. The van der Waals surface area contributed by atoms with Gasteiger partial charge in [0.1, 0.15) is 5.52 Å². The van der Waals surface area contributed by atoms with Gasteiger partial charge < -0.3 is 14.9 Å². The summed E-state index contributed by atoms with van der Waals surface area (Å²) >= 11 is 0. The van der Waals surface area contributed by atoms with Crippen LogP contribution >= 0.6 is 0 Å². The molecule has 0 saturated carbocycles. The molecule has 3 aromatic rings. The second-order valence-electron chi connectivity index (χ2n) is 7.90. The maximum absolute atomic E-state index is 13.1. The van der Waals surface area contributed by atoms with Crippen molar-refractivity contribution in [1.82, 2.24) is 19.4 Å². The van der Waals surface area contributed by atoms with E-state index in [1.54, 1.807) is 29.9 Å². The molecule has 0 unspecified atom stereocenters. The second kappa shape index (κ2) is 8.18. The van der Waals surface area contributed by atoms with Crippen molar-refractivity contribution in [3.05, 3.63) is 74.1 Å². The third-order valence-corrected chi connectivity index (χ3v) is 5.68. The lowest BCUT2D eigenvalue weighted by atomic mass is 9.97. The number of benzene rings is 1. The summed E-state index contributed by atoms with van der Waals surface area (Å²) in [5.74, 6) is -0.292. The molecule has 2 aromatic heterocycles. The number of carbonyl (C=O) groups is 1. The van der Waals surface area contributed by atoms with E-state index in [0.717, 1.165) is 29.4 Å². The number of nitrogens with zero attached hydrogens (tertiary/aromatic N) is 2. The molecule has 1 aliphatic rings. The lowest BCUT2D eigenvalue weighted by molar-refractivity contribution is 0.0955. The molecule has 0 fully saturated rings. The zero-order chi connectivity index (χ0) is 21.3. The lowest BCUT2D eigenvalue weighted by Crippen LogP contribution is -2.34. The number of hydrogen-bond acceptors (Lipinski definition) is 3. The Morgan fingerprint density at radius 3 is 2.63 bits per heavy atom. The number of fused-ring (bicyclic) bond motifs is 1. The fourth-order valence-electron chi connectivity index (χ4n) is 4.04. The normalized spacial score (nSPS) is 14.0. The van der Waals surface area contributed by atoms with Crippen LogP contribution in [-0.2, 0) is 7.05 Å². The number of nitrogens with one attached hydrogen (secondary N) is 2. The molecule has 0 radical (unpaired) electrons. The first-order valence-corrected chi connectivity index (χ1v) is 10.3. The zero-order valence-corrected chi connectivity index (χ0v) is 17.3. The summed E-state index contributed by atoms with van der Waals surface area (Å²) in [5.41, 5.74) is 2.74. The van der Waals surface area contributed by atoms with Gasteiger partial charge in [-0.05, 0) is 51.2 Å². The van der Waals surface area contributed by atoms with Gasteiger partial charge in [-0.3, -0.25) is 9.59 Å². The summed E-state index contributed by atoms with van der Waals surface area (Å²) < 4.78 is 2.69. The van der Waals surface area contributed by atoms with Crippen molar-refractivity contribution in [3.8, 4) is 5.69 Å². The van der Waals surface area contributed by atoms with Gasteiger partial charge in [-0.1, -0.05) is 29.3 Å². The second-order valence-corrected chi connectivity index (χ2v) is 7.90. The number of aromatic amines is 1. The van der Waals surface area contributed by atoms with Crippen molar-refractivity contribution in [2.24, 2.45) is 7.05 Å². The number of amides is 1. The fourth-order valence-corrected chi connectivity index (χ4v) is 4.04. The van der Waals surface area contributed by atoms with Crippen LogP contribution in [0.1, 0.15) is 48.0 Å². The van der Waals surface area contributed by atoms with E-state index in [0.29, 0.717) is 17.8 Å². The molecule has 30 heavy (non-hydrogen) atoms. The Balaban J connectivity index is 1.65. The molecule has 2 heterocycles. The van der Waals surface area contributed by atoms with E-state index in [2.05, 4.69) is 16.4 Å². The largest absolute Gasteiger partial charge is 0.352 e. The van der Waals surface area contributed by atoms with Crippen LogP contribution in [0.4, 0.5) is 0 Å². The van der Waals surface area contributed by atoms with Crippen LogP contribution < -0.4 is 16.6 Å². The maximum Gasteiger partial charge on any atom is 0.333 e. The number of allylic oxidation sites excluding steroid dienone is 1. The Bertz CT molecular complexity index is 1240. The van der Waals surface area contributed by atoms with Crippen LogP contribution in [0.5, 0.6) is 0 Å². The van der Waals surface area contributed by atoms with E-state index in [-0.39, 0.29) is 16.9 Å². The van der Waals surface area contributed by atoms with Gasteiger partial charge in [0.25, 0.3) is 11.5 Å². The molecule has 4 rings (SSSR count). The minimum atomic E-state index is -0.566. The minimum absolute atomic E-state index is 0.269. The Kier molecular flexibility index (Phi) is 5.44. The molecule has 1 aromatic carbocycles. The number of rotatable bonds is 5. The summed E-state index contributed by atoms with van der Waals surface area (Å²) in [5, 5.41) is 2.92. The molecule has 1 amide bonds. The van der Waals surface area contributed by atoms with Crippen molar-refractivity contribution in [3.63, 3.8) is 0 Å². The Morgan fingerprint density at radius 1 is 1.17 bits per heavy atom. The SMILES string of the molecule is Cc1ccc(-n2c(=O)[nH]c3c(C(=O)NCCC4=CCCCC4)cn(C)c3c2=O)cc1. The number of carbonyl (C=O) groups excluding carboxylic acids is 1. The van der Waals surface area contributed by atoms with Crippen LogP contribution in [0, 0.1) is 6.92 Å². The highest BCUT2D eigenvalue weighted by Crippen LogP contribution is 2.20. The molecule has 156 valence electrons. The summed E-state index contributed by atoms with van der Waals surface area (Å²) in [6.45, 7) is 2.47. The summed E-state index contributed by atoms with van der Waals surface area (Å²) in [6, 6.07) is 7.15. The van der Waals surface area contributed by atoms with E-state index < -0.39 is 11.2 Å². The molecular formula is C23H26N4O3. The van der Waals surface area contributed by atoms with Gasteiger partial charge >= 0.3 is 5.69 Å². The first-order valence-electron chi connectivity index (χ1n) is 10.3. The van der Waals surface area contributed by atoms with Crippen LogP contribution in [0.3, 0.4) is 0 Å². The zero-order valence-electron chi connectivity index (χ0n) is 17.3.